The van der Waals surface area contributed by atoms with Crippen molar-refractivity contribution in [3.8, 4) is 0 Å². The van der Waals surface area contributed by atoms with Crippen molar-refractivity contribution in [2.24, 2.45) is 5.92 Å². The van der Waals surface area contributed by atoms with E-state index in [4.69, 9.17) is 4.74 Å². The predicted octanol–water partition coefficient (Wildman–Crippen LogP) is 1.36. The molecule has 0 amide bonds. The summed E-state index contributed by atoms with van der Waals surface area (Å²) in [5.74, 6) is 0.794. The zero-order chi connectivity index (χ0) is 14.6. The first kappa shape index (κ1) is 18.8. The van der Waals surface area contributed by atoms with Crippen molar-refractivity contribution in [1.82, 2.24) is 10.0 Å². The van der Waals surface area contributed by atoms with Crippen molar-refractivity contribution in [2.45, 2.75) is 40.0 Å². The van der Waals surface area contributed by atoms with Gasteiger partial charge in [0, 0.05) is 13.2 Å². The molecule has 0 radical (unpaired) electrons. The molecule has 0 aromatic carbocycles. The standard InChI is InChI=1S/C13H30N2O3S/c1-4-7-14-8-5-12-19(16,17)15-9-11-18-10-6-13(2)3/h13-15H,4-12H2,1-3H3. The molecule has 2 N–H and O–H groups in total. The molecule has 0 unspecified atom stereocenters. The monoisotopic (exact) mass is 294 g/mol. The van der Waals surface area contributed by atoms with Crippen LogP contribution in [0.25, 0.3) is 0 Å². The number of rotatable bonds is 13. The van der Waals surface area contributed by atoms with Crippen molar-refractivity contribution < 1.29 is 13.2 Å². The normalized spacial score (nSPS) is 12.2. The molecule has 0 saturated carbocycles. The van der Waals surface area contributed by atoms with E-state index in [0.717, 1.165) is 25.9 Å². The summed E-state index contributed by atoms with van der Waals surface area (Å²) in [6, 6.07) is 0. The van der Waals surface area contributed by atoms with Gasteiger partial charge >= 0.3 is 0 Å². The van der Waals surface area contributed by atoms with Crippen molar-refractivity contribution >= 4 is 10.0 Å². The third kappa shape index (κ3) is 14.1. The Hall–Kier alpha value is -0.170. The molecule has 0 aliphatic carbocycles. The van der Waals surface area contributed by atoms with E-state index < -0.39 is 10.0 Å². The Balaban J connectivity index is 3.46. The Labute approximate surface area is 118 Å². The predicted molar refractivity (Wildman–Crippen MR) is 79.8 cm³/mol. The Morgan fingerprint density at radius 3 is 2.47 bits per heavy atom. The van der Waals surface area contributed by atoms with Crippen LogP contribution in [-0.4, -0.2) is 47.0 Å². The highest BCUT2D eigenvalue weighted by molar-refractivity contribution is 7.89. The molecule has 0 fully saturated rings. The van der Waals surface area contributed by atoms with Crippen LogP contribution in [0.3, 0.4) is 0 Å². The van der Waals surface area contributed by atoms with E-state index >= 15 is 0 Å². The van der Waals surface area contributed by atoms with Crippen LogP contribution in [0, 0.1) is 5.92 Å². The van der Waals surface area contributed by atoms with E-state index in [9.17, 15) is 8.42 Å². The van der Waals surface area contributed by atoms with E-state index in [1.165, 1.54) is 0 Å². The molecule has 0 aromatic rings. The van der Waals surface area contributed by atoms with Gasteiger partial charge in [-0.25, -0.2) is 13.1 Å². The molecule has 5 nitrogen and oxygen atoms in total. The van der Waals surface area contributed by atoms with Crippen LogP contribution in [-0.2, 0) is 14.8 Å². The largest absolute Gasteiger partial charge is 0.380 e. The molecule has 0 rings (SSSR count). The third-order valence-electron chi connectivity index (χ3n) is 2.60. The first-order chi connectivity index (χ1) is 8.98. The van der Waals surface area contributed by atoms with E-state index in [1.807, 2.05) is 0 Å². The Kier molecular flexibility index (Phi) is 11.5. The molecule has 0 spiro atoms. The molecule has 0 bridgehead atoms. The molecular weight excluding hydrogens is 264 g/mol. The van der Waals surface area contributed by atoms with Gasteiger partial charge in [0.25, 0.3) is 0 Å². The molecule has 6 heteroatoms. The summed E-state index contributed by atoms with van der Waals surface area (Å²) in [5.41, 5.74) is 0. The van der Waals surface area contributed by atoms with E-state index in [1.54, 1.807) is 0 Å². The molecule has 0 aliphatic heterocycles. The molecular formula is C13H30N2O3S. The summed E-state index contributed by atoms with van der Waals surface area (Å²) in [4.78, 5) is 0. The molecule has 116 valence electrons. The summed E-state index contributed by atoms with van der Waals surface area (Å²) >= 11 is 0. The van der Waals surface area contributed by atoms with Crippen LogP contribution in [0.2, 0.25) is 0 Å². The fourth-order valence-corrected chi connectivity index (χ4v) is 2.51. The summed E-state index contributed by atoms with van der Waals surface area (Å²) in [5, 5.41) is 3.19. The molecule has 0 saturated heterocycles. The Bertz CT molecular complexity index is 292. The van der Waals surface area contributed by atoms with Gasteiger partial charge in [-0.05, 0) is 38.3 Å². The van der Waals surface area contributed by atoms with Gasteiger partial charge in [-0.3, -0.25) is 0 Å². The van der Waals surface area contributed by atoms with Crippen LogP contribution >= 0.6 is 0 Å². The second-order valence-electron chi connectivity index (χ2n) is 5.11. The number of sulfonamides is 1. The van der Waals surface area contributed by atoms with Crippen molar-refractivity contribution in [3.63, 3.8) is 0 Å². The molecule has 19 heavy (non-hydrogen) atoms. The highest BCUT2D eigenvalue weighted by Gasteiger charge is 2.08. The van der Waals surface area contributed by atoms with Crippen LogP contribution in [0.4, 0.5) is 0 Å². The minimum atomic E-state index is -3.14. The number of nitrogens with one attached hydrogen (secondary N) is 2. The zero-order valence-corrected chi connectivity index (χ0v) is 13.4. The lowest BCUT2D eigenvalue weighted by atomic mass is 10.1. The third-order valence-corrected chi connectivity index (χ3v) is 4.07. The van der Waals surface area contributed by atoms with E-state index in [2.05, 4.69) is 30.8 Å². The Morgan fingerprint density at radius 2 is 1.84 bits per heavy atom. The minimum Gasteiger partial charge on any atom is -0.380 e. The highest BCUT2D eigenvalue weighted by Crippen LogP contribution is 1.98. The summed E-state index contributed by atoms with van der Waals surface area (Å²) < 4.78 is 31.1. The fourth-order valence-electron chi connectivity index (χ4n) is 1.45. The highest BCUT2D eigenvalue weighted by atomic mass is 32.2. The minimum absolute atomic E-state index is 0.176. The van der Waals surface area contributed by atoms with Gasteiger partial charge in [0.05, 0.1) is 12.4 Å². The van der Waals surface area contributed by atoms with Gasteiger partial charge < -0.3 is 10.1 Å². The molecule has 0 atom stereocenters. The lowest BCUT2D eigenvalue weighted by Crippen LogP contribution is -2.31. The summed E-state index contributed by atoms with van der Waals surface area (Å²) in [7, 11) is -3.14. The SMILES string of the molecule is CCCNCCCS(=O)(=O)NCCOCCC(C)C. The number of hydrogen-bond donors (Lipinski definition) is 2. The summed E-state index contributed by atoms with van der Waals surface area (Å²) in [6.07, 6.45) is 2.72. The second kappa shape index (κ2) is 11.6. The molecule has 0 aromatic heterocycles. The maximum absolute atomic E-state index is 11.6. The smallest absolute Gasteiger partial charge is 0.211 e. The lowest BCUT2D eigenvalue weighted by Gasteiger charge is -2.08. The van der Waals surface area contributed by atoms with Crippen molar-refractivity contribution in [2.75, 3.05) is 38.6 Å². The maximum atomic E-state index is 11.6. The van der Waals surface area contributed by atoms with Crippen LogP contribution in [0.15, 0.2) is 0 Å². The maximum Gasteiger partial charge on any atom is 0.211 e. The van der Waals surface area contributed by atoms with E-state index in [-0.39, 0.29) is 5.75 Å². The van der Waals surface area contributed by atoms with Gasteiger partial charge in [0.15, 0.2) is 0 Å². The summed E-state index contributed by atoms with van der Waals surface area (Å²) in [6.45, 7) is 9.56. The van der Waals surface area contributed by atoms with Crippen molar-refractivity contribution in [1.29, 1.82) is 0 Å². The van der Waals surface area contributed by atoms with Crippen molar-refractivity contribution in [3.05, 3.63) is 0 Å². The molecule has 0 aliphatic rings. The van der Waals surface area contributed by atoms with Gasteiger partial charge in [-0.2, -0.15) is 0 Å². The zero-order valence-electron chi connectivity index (χ0n) is 12.6. The van der Waals surface area contributed by atoms with Crippen LogP contribution in [0.5, 0.6) is 0 Å². The first-order valence-corrected chi connectivity index (χ1v) is 8.89. The van der Waals surface area contributed by atoms with Gasteiger partial charge in [-0.15, -0.1) is 0 Å². The quantitative estimate of drug-likeness (QED) is 0.503. The fraction of sp³-hybridized carbons (Fsp3) is 1.00. The first-order valence-electron chi connectivity index (χ1n) is 7.23. The Morgan fingerprint density at radius 1 is 1.11 bits per heavy atom. The van der Waals surface area contributed by atoms with Gasteiger partial charge in [0.1, 0.15) is 0 Å². The lowest BCUT2D eigenvalue weighted by molar-refractivity contribution is 0.128. The average molecular weight is 294 g/mol. The second-order valence-corrected chi connectivity index (χ2v) is 7.04. The average Bonchev–Trinajstić information content (AvgIpc) is 2.33. The van der Waals surface area contributed by atoms with E-state index in [0.29, 0.717) is 32.1 Å². The number of hydrogen-bond acceptors (Lipinski definition) is 4. The van der Waals surface area contributed by atoms with Gasteiger partial charge in [0.2, 0.25) is 10.0 Å². The number of ether oxygens (including phenoxy) is 1. The molecule has 0 heterocycles. The topological polar surface area (TPSA) is 67.4 Å². The van der Waals surface area contributed by atoms with Crippen LogP contribution < -0.4 is 10.0 Å². The van der Waals surface area contributed by atoms with Crippen LogP contribution in [0.1, 0.15) is 40.0 Å². The van der Waals surface area contributed by atoms with Gasteiger partial charge in [-0.1, -0.05) is 20.8 Å².